The molecule has 0 fully saturated rings. The van der Waals surface area contributed by atoms with Crippen molar-refractivity contribution in [2.24, 2.45) is 0 Å². The van der Waals surface area contributed by atoms with Gasteiger partial charge >= 0.3 is 0 Å². The zero-order chi connectivity index (χ0) is 18.4. The number of hydrogen-bond acceptors (Lipinski definition) is 6. The smallest absolute Gasteiger partial charge is 0.227 e. The topological polar surface area (TPSA) is 90.1 Å². The van der Waals surface area contributed by atoms with E-state index in [-0.39, 0.29) is 12.3 Å². The first kappa shape index (κ1) is 17.6. The molecule has 7 nitrogen and oxygen atoms in total. The highest BCUT2D eigenvalue weighted by molar-refractivity contribution is 5.89. The molecule has 0 saturated carbocycles. The zero-order valence-electron chi connectivity index (χ0n) is 14.7. The fourth-order valence-corrected chi connectivity index (χ4v) is 2.38. The van der Waals surface area contributed by atoms with Crippen LogP contribution in [0.4, 0.5) is 5.82 Å². The van der Waals surface area contributed by atoms with Crippen molar-refractivity contribution in [3.05, 3.63) is 54.0 Å². The Morgan fingerprint density at radius 1 is 1.15 bits per heavy atom. The standard InChI is InChI=1S/C19H20N4O3/c1-3-25-15-9-7-14(8-10-15)19-22-18(26-23-19)12-11-17(24)21-16-6-4-5-13(2)20-16/h4-10H,3,11-12H2,1-2H3,(H,20,21,24). The Morgan fingerprint density at radius 2 is 1.96 bits per heavy atom. The van der Waals surface area contributed by atoms with Gasteiger partial charge in [0.05, 0.1) is 6.61 Å². The molecule has 2 aromatic heterocycles. The van der Waals surface area contributed by atoms with Gasteiger partial charge in [0.2, 0.25) is 17.6 Å². The number of anilines is 1. The van der Waals surface area contributed by atoms with E-state index in [2.05, 4.69) is 20.4 Å². The molecule has 2 heterocycles. The predicted octanol–water partition coefficient (Wildman–Crippen LogP) is 3.41. The number of pyridine rings is 1. The second-order valence-electron chi connectivity index (χ2n) is 5.68. The normalized spacial score (nSPS) is 10.5. The van der Waals surface area contributed by atoms with Gasteiger partial charge in [-0.1, -0.05) is 11.2 Å². The summed E-state index contributed by atoms with van der Waals surface area (Å²) >= 11 is 0. The van der Waals surface area contributed by atoms with Crippen LogP contribution < -0.4 is 10.1 Å². The van der Waals surface area contributed by atoms with Crippen LogP contribution in [-0.2, 0) is 11.2 Å². The Kier molecular flexibility index (Phi) is 5.58. The van der Waals surface area contributed by atoms with Gasteiger partial charge in [0.15, 0.2) is 0 Å². The minimum absolute atomic E-state index is 0.149. The number of nitrogens with one attached hydrogen (secondary N) is 1. The van der Waals surface area contributed by atoms with Crippen LogP contribution in [0.5, 0.6) is 5.75 Å². The Morgan fingerprint density at radius 3 is 2.69 bits per heavy atom. The molecule has 0 aliphatic rings. The van der Waals surface area contributed by atoms with E-state index in [9.17, 15) is 4.79 Å². The fraction of sp³-hybridized carbons (Fsp3) is 0.263. The Labute approximate surface area is 151 Å². The number of benzene rings is 1. The molecule has 0 saturated heterocycles. The summed E-state index contributed by atoms with van der Waals surface area (Å²) in [6, 6.07) is 12.9. The molecule has 3 rings (SSSR count). The van der Waals surface area contributed by atoms with Crippen LogP contribution in [0.15, 0.2) is 47.0 Å². The zero-order valence-corrected chi connectivity index (χ0v) is 14.7. The van der Waals surface area contributed by atoms with Crippen molar-refractivity contribution >= 4 is 11.7 Å². The second kappa shape index (κ2) is 8.24. The van der Waals surface area contributed by atoms with Gasteiger partial charge in [0.25, 0.3) is 0 Å². The van der Waals surface area contributed by atoms with Crippen LogP contribution in [0.25, 0.3) is 11.4 Å². The summed E-state index contributed by atoms with van der Waals surface area (Å²) in [6.45, 7) is 4.42. The Hall–Kier alpha value is -3.22. The van der Waals surface area contributed by atoms with E-state index in [1.54, 1.807) is 6.07 Å². The molecule has 0 spiro atoms. The number of aryl methyl sites for hydroxylation is 2. The number of carbonyl (C=O) groups excluding carboxylic acids is 1. The van der Waals surface area contributed by atoms with Gasteiger partial charge in [-0.15, -0.1) is 0 Å². The molecule has 0 radical (unpaired) electrons. The number of rotatable bonds is 7. The van der Waals surface area contributed by atoms with Gasteiger partial charge in [-0.3, -0.25) is 4.79 Å². The lowest BCUT2D eigenvalue weighted by molar-refractivity contribution is -0.116. The van der Waals surface area contributed by atoms with Crippen molar-refractivity contribution in [1.29, 1.82) is 0 Å². The first-order valence-electron chi connectivity index (χ1n) is 8.43. The van der Waals surface area contributed by atoms with Crippen LogP contribution in [0, 0.1) is 6.92 Å². The molecule has 1 amide bonds. The van der Waals surface area contributed by atoms with Gasteiger partial charge in [0.1, 0.15) is 11.6 Å². The molecular formula is C19H20N4O3. The van der Waals surface area contributed by atoms with Crippen molar-refractivity contribution in [1.82, 2.24) is 15.1 Å². The number of amides is 1. The van der Waals surface area contributed by atoms with Crippen molar-refractivity contribution in [2.75, 3.05) is 11.9 Å². The summed E-state index contributed by atoms with van der Waals surface area (Å²) in [5.41, 5.74) is 1.68. The highest BCUT2D eigenvalue weighted by Gasteiger charge is 2.11. The van der Waals surface area contributed by atoms with E-state index >= 15 is 0 Å². The SMILES string of the molecule is CCOc1ccc(-c2noc(CCC(=O)Nc3cccc(C)n3)n2)cc1. The number of aromatic nitrogens is 3. The summed E-state index contributed by atoms with van der Waals surface area (Å²) < 4.78 is 10.6. The summed E-state index contributed by atoms with van der Waals surface area (Å²) in [5.74, 6) is 2.09. The number of ether oxygens (including phenoxy) is 1. The monoisotopic (exact) mass is 352 g/mol. The van der Waals surface area contributed by atoms with E-state index < -0.39 is 0 Å². The van der Waals surface area contributed by atoms with Crippen LogP contribution in [0.3, 0.4) is 0 Å². The molecule has 0 unspecified atom stereocenters. The maximum atomic E-state index is 12.0. The van der Waals surface area contributed by atoms with Crippen molar-refractivity contribution in [2.45, 2.75) is 26.7 Å². The van der Waals surface area contributed by atoms with Crippen LogP contribution >= 0.6 is 0 Å². The third-order valence-corrected chi connectivity index (χ3v) is 3.61. The fourth-order valence-electron chi connectivity index (χ4n) is 2.38. The molecule has 0 bridgehead atoms. The molecular weight excluding hydrogens is 332 g/mol. The van der Waals surface area contributed by atoms with Gasteiger partial charge in [-0.2, -0.15) is 4.98 Å². The number of hydrogen-bond donors (Lipinski definition) is 1. The molecule has 134 valence electrons. The van der Waals surface area contributed by atoms with Gasteiger partial charge in [0, 0.05) is 24.1 Å². The molecule has 3 aromatic rings. The average molecular weight is 352 g/mol. The van der Waals surface area contributed by atoms with Crippen LogP contribution in [-0.4, -0.2) is 27.6 Å². The molecule has 1 aromatic carbocycles. The quantitative estimate of drug-likeness (QED) is 0.701. The van der Waals surface area contributed by atoms with Gasteiger partial charge < -0.3 is 14.6 Å². The first-order valence-corrected chi connectivity index (χ1v) is 8.43. The average Bonchev–Trinajstić information content (AvgIpc) is 3.10. The molecule has 0 aliphatic heterocycles. The van der Waals surface area contributed by atoms with E-state index in [4.69, 9.17) is 9.26 Å². The molecule has 26 heavy (non-hydrogen) atoms. The first-order chi connectivity index (χ1) is 12.6. The molecule has 0 aliphatic carbocycles. The highest BCUT2D eigenvalue weighted by atomic mass is 16.5. The lowest BCUT2D eigenvalue weighted by atomic mass is 10.2. The molecule has 7 heteroatoms. The molecule has 0 atom stereocenters. The van der Waals surface area contributed by atoms with Crippen molar-refractivity contribution in [3.63, 3.8) is 0 Å². The maximum absolute atomic E-state index is 12.0. The van der Waals surface area contributed by atoms with Crippen LogP contribution in [0.2, 0.25) is 0 Å². The third-order valence-electron chi connectivity index (χ3n) is 3.61. The van der Waals surface area contributed by atoms with Crippen molar-refractivity contribution in [3.8, 4) is 17.1 Å². The predicted molar refractivity (Wildman–Crippen MR) is 96.8 cm³/mol. The van der Waals surface area contributed by atoms with E-state index in [0.717, 1.165) is 17.0 Å². The molecule has 1 N–H and O–H groups in total. The Bertz CT molecular complexity index is 875. The number of carbonyl (C=O) groups is 1. The lowest BCUT2D eigenvalue weighted by Crippen LogP contribution is -2.13. The Balaban J connectivity index is 1.55. The summed E-state index contributed by atoms with van der Waals surface area (Å²) in [7, 11) is 0. The second-order valence-corrected chi connectivity index (χ2v) is 5.68. The minimum atomic E-state index is -0.149. The van der Waals surface area contributed by atoms with E-state index in [1.165, 1.54) is 0 Å². The third kappa shape index (κ3) is 4.66. The largest absolute Gasteiger partial charge is 0.494 e. The maximum Gasteiger partial charge on any atom is 0.227 e. The van der Waals surface area contributed by atoms with E-state index in [0.29, 0.717) is 30.6 Å². The van der Waals surface area contributed by atoms with Crippen molar-refractivity contribution < 1.29 is 14.1 Å². The number of nitrogens with zero attached hydrogens (tertiary/aromatic N) is 3. The van der Waals surface area contributed by atoms with Gasteiger partial charge in [-0.05, 0) is 50.2 Å². The highest BCUT2D eigenvalue weighted by Crippen LogP contribution is 2.20. The summed E-state index contributed by atoms with van der Waals surface area (Å²) in [5, 5.41) is 6.72. The summed E-state index contributed by atoms with van der Waals surface area (Å²) in [4.78, 5) is 20.6. The minimum Gasteiger partial charge on any atom is -0.494 e. The summed E-state index contributed by atoms with van der Waals surface area (Å²) in [6.07, 6.45) is 0.599. The van der Waals surface area contributed by atoms with E-state index in [1.807, 2.05) is 50.2 Å². The lowest BCUT2D eigenvalue weighted by Gasteiger charge is -2.03. The van der Waals surface area contributed by atoms with Crippen LogP contribution in [0.1, 0.15) is 24.9 Å². The van der Waals surface area contributed by atoms with Gasteiger partial charge in [-0.25, -0.2) is 4.98 Å².